The Morgan fingerprint density at radius 1 is 1.00 bits per heavy atom. The van der Waals surface area contributed by atoms with E-state index in [1.54, 1.807) is 18.2 Å². The van der Waals surface area contributed by atoms with Crippen molar-refractivity contribution in [3.63, 3.8) is 0 Å². The van der Waals surface area contributed by atoms with Crippen molar-refractivity contribution in [2.45, 2.75) is 11.9 Å². The fourth-order valence-corrected chi connectivity index (χ4v) is 2.95. The summed E-state index contributed by atoms with van der Waals surface area (Å²) in [5, 5.41) is 2.57. The molecule has 0 aliphatic carbocycles. The van der Waals surface area contributed by atoms with Crippen molar-refractivity contribution in [1.29, 1.82) is 0 Å². The summed E-state index contributed by atoms with van der Waals surface area (Å²) < 4.78 is 5.77. The van der Waals surface area contributed by atoms with Gasteiger partial charge in [-0.2, -0.15) is 0 Å². The average Bonchev–Trinajstić information content (AvgIpc) is 2.40. The van der Waals surface area contributed by atoms with Crippen LogP contribution in [-0.2, 0) is 11.9 Å². The van der Waals surface area contributed by atoms with Gasteiger partial charge in [0.15, 0.2) is 0 Å². The van der Waals surface area contributed by atoms with Crippen molar-refractivity contribution >= 4 is 50.7 Å². The lowest BCUT2D eigenvalue weighted by atomic mass is 10.2. The summed E-state index contributed by atoms with van der Waals surface area (Å²) in [5.74, 6) is 0.736. The lowest BCUT2D eigenvalue weighted by molar-refractivity contribution is 0.304. The van der Waals surface area contributed by atoms with Gasteiger partial charge in [-0.05, 0) is 30.3 Å². The molecule has 2 aromatic rings. The van der Waals surface area contributed by atoms with Crippen LogP contribution >= 0.6 is 50.7 Å². The second-order valence-electron chi connectivity index (χ2n) is 3.87. The molecule has 2 rings (SSSR count). The number of halogens is 4. The Labute approximate surface area is 135 Å². The van der Waals surface area contributed by atoms with Crippen LogP contribution in [0, 0.1) is 0 Å². The van der Waals surface area contributed by atoms with Crippen LogP contribution in [0.5, 0.6) is 5.75 Å². The zero-order valence-electron chi connectivity index (χ0n) is 9.80. The molecule has 0 aromatic heterocycles. The predicted molar refractivity (Wildman–Crippen MR) is 84.9 cm³/mol. The third-order valence-electron chi connectivity index (χ3n) is 2.60. The van der Waals surface area contributed by atoms with Crippen LogP contribution in [0.4, 0.5) is 0 Å². The highest BCUT2D eigenvalue weighted by Crippen LogP contribution is 2.30. The highest BCUT2D eigenvalue weighted by Gasteiger charge is 2.08. The van der Waals surface area contributed by atoms with Gasteiger partial charge >= 0.3 is 0 Å². The van der Waals surface area contributed by atoms with E-state index < -0.39 is 0 Å². The fourth-order valence-electron chi connectivity index (χ4n) is 1.61. The molecule has 0 bridgehead atoms. The summed E-state index contributed by atoms with van der Waals surface area (Å²) in [6.45, 7) is 0.347. The molecule has 100 valence electrons. The standard InChI is InChI=1S/C14H10BrCl3O/c15-7-11-13(18)2-1-3-14(11)19-8-9-6-10(16)4-5-12(9)17/h1-6H,7-8H2. The van der Waals surface area contributed by atoms with Gasteiger partial charge in [0.25, 0.3) is 0 Å². The highest BCUT2D eigenvalue weighted by molar-refractivity contribution is 9.08. The highest BCUT2D eigenvalue weighted by atomic mass is 79.9. The Balaban J connectivity index is 2.19. The van der Waals surface area contributed by atoms with Gasteiger partial charge in [0, 0.05) is 31.5 Å². The van der Waals surface area contributed by atoms with Crippen LogP contribution in [-0.4, -0.2) is 0 Å². The molecule has 0 saturated carbocycles. The van der Waals surface area contributed by atoms with Crippen molar-refractivity contribution in [2.75, 3.05) is 0 Å². The first-order chi connectivity index (χ1) is 9.11. The first-order valence-electron chi connectivity index (χ1n) is 5.52. The van der Waals surface area contributed by atoms with Crippen molar-refractivity contribution in [3.8, 4) is 5.75 Å². The Hall–Kier alpha value is -0.410. The van der Waals surface area contributed by atoms with E-state index in [4.69, 9.17) is 39.5 Å². The predicted octanol–water partition coefficient (Wildman–Crippen LogP) is 6.12. The van der Waals surface area contributed by atoms with Crippen molar-refractivity contribution in [2.24, 2.45) is 0 Å². The normalized spacial score (nSPS) is 10.5. The van der Waals surface area contributed by atoms with Crippen LogP contribution in [0.3, 0.4) is 0 Å². The van der Waals surface area contributed by atoms with Crippen molar-refractivity contribution < 1.29 is 4.74 Å². The average molecular weight is 380 g/mol. The maximum Gasteiger partial charge on any atom is 0.125 e. The Morgan fingerprint density at radius 2 is 1.79 bits per heavy atom. The third-order valence-corrected chi connectivity index (χ3v) is 4.12. The number of hydrogen-bond donors (Lipinski definition) is 0. The molecular weight excluding hydrogens is 370 g/mol. The van der Waals surface area contributed by atoms with Gasteiger partial charge < -0.3 is 4.74 Å². The lowest BCUT2D eigenvalue weighted by Crippen LogP contribution is -1.99. The summed E-state index contributed by atoms with van der Waals surface area (Å²) in [6.07, 6.45) is 0. The van der Waals surface area contributed by atoms with Gasteiger partial charge in [-0.25, -0.2) is 0 Å². The molecule has 0 atom stereocenters. The van der Waals surface area contributed by atoms with E-state index in [0.717, 1.165) is 16.9 Å². The van der Waals surface area contributed by atoms with E-state index in [2.05, 4.69) is 15.9 Å². The first-order valence-corrected chi connectivity index (χ1v) is 7.77. The van der Waals surface area contributed by atoms with Crippen molar-refractivity contribution in [3.05, 3.63) is 62.6 Å². The van der Waals surface area contributed by atoms with E-state index in [1.807, 2.05) is 18.2 Å². The number of benzene rings is 2. The molecule has 1 nitrogen and oxygen atoms in total. The van der Waals surface area contributed by atoms with Crippen LogP contribution in [0.2, 0.25) is 15.1 Å². The van der Waals surface area contributed by atoms with Gasteiger partial charge in [-0.3, -0.25) is 0 Å². The molecule has 0 spiro atoms. The topological polar surface area (TPSA) is 9.23 Å². The smallest absolute Gasteiger partial charge is 0.125 e. The maximum atomic E-state index is 6.11. The molecule has 0 aliphatic heterocycles. The number of ether oxygens (including phenoxy) is 1. The van der Waals surface area contributed by atoms with Gasteiger partial charge in [0.05, 0.1) is 0 Å². The molecular formula is C14H10BrCl3O. The van der Waals surface area contributed by atoms with E-state index in [1.165, 1.54) is 0 Å². The Bertz CT molecular complexity index is 587. The minimum atomic E-state index is 0.347. The molecule has 0 N–H and O–H groups in total. The quantitative estimate of drug-likeness (QED) is 0.581. The summed E-state index contributed by atoms with van der Waals surface area (Å²) in [5.41, 5.74) is 1.76. The monoisotopic (exact) mass is 378 g/mol. The first kappa shape index (κ1) is 15.0. The van der Waals surface area contributed by atoms with E-state index in [0.29, 0.717) is 27.0 Å². The summed E-state index contributed by atoms with van der Waals surface area (Å²) in [4.78, 5) is 0. The Kier molecular flexibility index (Phi) is 5.40. The van der Waals surface area contributed by atoms with Crippen LogP contribution in [0.15, 0.2) is 36.4 Å². The number of hydrogen-bond acceptors (Lipinski definition) is 1. The Morgan fingerprint density at radius 3 is 2.53 bits per heavy atom. The van der Waals surface area contributed by atoms with Crippen LogP contribution < -0.4 is 4.74 Å². The zero-order valence-corrected chi connectivity index (χ0v) is 13.7. The molecule has 0 heterocycles. The van der Waals surface area contributed by atoms with Crippen molar-refractivity contribution in [1.82, 2.24) is 0 Å². The van der Waals surface area contributed by atoms with E-state index >= 15 is 0 Å². The summed E-state index contributed by atoms with van der Waals surface area (Å²) in [7, 11) is 0. The summed E-state index contributed by atoms with van der Waals surface area (Å²) in [6, 6.07) is 10.9. The molecule has 0 aliphatic rings. The second-order valence-corrected chi connectivity index (χ2v) is 5.69. The third kappa shape index (κ3) is 3.79. The molecule has 5 heteroatoms. The summed E-state index contributed by atoms with van der Waals surface area (Å²) >= 11 is 21.5. The number of alkyl halides is 1. The maximum absolute atomic E-state index is 6.11. The SMILES string of the molecule is Clc1ccc(Cl)c(COc2cccc(Cl)c2CBr)c1. The molecule has 0 unspecified atom stereocenters. The van der Waals surface area contributed by atoms with Crippen LogP contribution in [0.1, 0.15) is 11.1 Å². The van der Waals surface area contributed by atoms with Crippen LogP contribution in [0.25, 0.3) is 0 Å². The molecule has 0 saturated heterocycles. The second kappa shape index (κ2) is 6.85. The van der Waals surface area contributed by atoms with Gasteiger partial charge in [-0.1, -0.05) is 56.8 Å². The van der Waals surface area contributed by atoms with Gasteiger partial charge in [0.1, 0.15) is 12.4 Å². The lowest BCUT2D eigenvalue weighted by Gasteiger charge is -2.12. The number of rotatable bonds is 4. The minimum Gasteiger partial charge on any atom is -0.488 e. The zero-order chi connectivity index (χ0) is 13.8. The minimum absolute atomic E-state index is 0.347. The van der Waals surface area contributed by atoms with Gasteiger partial charge in [0.2, 0.25) is 0 Å². The molecule has 0 amide bonds. The van der Waals surface area contributed by atoms with E-state index in [-0.39, 0.29) is 0 Å². The molecule has 0 fully saturated rings. The van der Waals surface area contributed by atoms with Gasteiger partial charge in [-0.15, -0.1) is 0 Å². The largest absolute Gasteiger partial charge is 0.488 e. The molecule has 0 radical (unpaired) electrons. The fraction of sp³-hybridized carbons (Fsp3) is 0.143. The molecule has 2 aromatic carbocycles. The van der Waals surface area contributed by atoms with E-state index in [9.17, 15) is 0 Å². The molecule has 19 heavy (non-hydrogen) atoms.